The molecule has 0 aliphatic carbocycles. The van der Waals surface area contributed by atoms with Crippen molar-refractivity contribution in [2.45, 2.75) is 18.8 Å². The molecule has 0 amide bonds. The molecular formula is C11H18N4O2. The number of hydrogen-bond acceptors (Lipinski definition) is 6. The van der Waals surface area contributed by atoms with Gasteiger partial charge in [-0.05, 0) is 12.8 Å². The van der Waals surface area contributed by atoms with Crippen LogP contribution >= 0.6 is 0 Å². The Morgan fingerprint density at radius 3 is 2.65 bits per heavy atom. The average molecular weight is 238 g/mol. The van der Waals surface area contributed by atoms with Gasteiger partial charge in [0.1, 0.15) is 0 Å². The summed E-state index contributed by atoms with van der Waals surface area (Å²) in [6.07, 6.45) is 1.98. The van der Waals surface area contributed by atoms with Gasteiger partial charge in [0.2, 0.25) is 5.89 Å². The summed E-state index contributed by atoms with van der Waals surface area (Å²) in [4.78, 5) is 2.15. The number of aromatic nitrogens is 2. The van der Waals surface area contributed by atoms with Crippen molar-refractivity contribution in [3.8, 4) is 0 Å². The molecule has 94 valence electrons. The highest BCUT2D eigenvalue weighted by Crippen LogP contribution is 2.27. The van der Waals surface area contributed by atoms with Crippen molar-refractivity contribution >= 4 is 6.01 Å². The molecule has 2 aliphatic rings. The number of rotatable bonds is 2. The maximum Gasteiger partial charge on any atom is 0.318 e. The van der Waals surface area contributed by atoms with Crippen molar-refractivity contribution in [1.82, 2.24) is 15.5 Å². The highest BCUT2D eigenvalue weighted by atomic mass is 16.5. The second-order valence-electron chi connectivity index (χ2n) is 4.55. The maximum atomic E-state index is 5.78. The molecule has 2 aliphatic heterocycles. The Morgan fingerprint density at radius 1 is 1.12 bits per heavy atom. The molecule has 2 fully saturated rings. The molecule has 3 rings (SSSR count). The Hall–Kier alpha value is -1.14. The first-order valence-electron chi connectivity index (χ1n) is 6.30. The van der Waals surface area contributed by atoms with Crippen LogP contribution in [0.1, 0.15) is 24.7 Å². The molecule has 2 saturated heterocycles. The fraction of sp³-hybridized carbons (Fsp3) is 0.818. The third kappa shape index (κ3) is 2.42. The molecule has 17 heavy (non-hydrogen) atoms. The fourth-order valence-electron chi connectivity index (χ4n) is 2.32. The Morgan fingerprint density at radius 2 is 1.88 bits per heavy atom. The average Bonchev–Trinajstić information content (AvgIpc) is 2.90. The van der Waals surface area contributed by atoms with Gasteiger partial charge in [0.15, 0.2) is 0 Å². The van der Waals surface area contributed by atoms with Crippen LogP contribution in [0.3, 0.4) is 0 Å². The van der Waals surface area contributed by atoms with Gasteiger partial charge >= 0.3 is 6.01 Å². The van der Waals surface area contributed by atoms with Crippen LogP contribution in [0.15, 0.2) is 4.42 Å². The highest BCUT2D eigenvalue weighted by Gasteiger charge is 2.23. The summed E-state index contributed by atoms with van der Waals surface area (Å²) in [5.74, 6) is 1.16. The van der Waals surface area contributed by atoms with E-state index in [1.165, 1.54) is 0 Å². The number of hydrogen-bond donors (Lipinski definition) is 1. The zero-order valence-electron chi connectivity index (χ0n) is 9.89. The monoisotopic (exact) mass is 238 g/mol. The van der Waals surface area contributed by atoms with E-state index >= 15 is 0 Å². The van der Waals surface area contributed by atoms with E-state index in [1.807, 2.05) is 0 Å². The number of piperazine rings is 1. The minimum absolute atomic E-state index is 0.382. The molecule has 0 bridgehead atoms. The maximum absolute atomic E-state index is 5.78. The second kappa shape index (κ2) is 5.01. The lowest BCUT2D eigenvalue weighted by molar-refractivity contribution is 0.0795. The van der Waals surface area contributed by atoms with Crippen LogP contribution in [-0.2, 0) is 4.74 Å². The predicted octanol–water partition coefficient (Wildman–Crippen LogP) is 0.373. The van der Waals surface area contributed by atoms with Crippen molar-refractivity contribution < 1.29 is 9.15 Å². The van der Waals surface area contributed by atoms with Crippen molar-refractivity contribution in [3.05, 3.63) is 5.89 Å². The first-order chi connectivity index (χ1) is 8.43. The molecule has 1 N–H and O–H groups in total. The van der Waals surface area contributed by atoms with Gasteiger partial charge in [-0.3, -0.25) is 0 Å². The highest BCUT2D eigenvalue weighted by molar-refractivity contribution is 5.25. The summed E-state index contributed by atoms with van der Waals surface area (Å²) < 4.78 is 11.1. The van der Waals surface area contributed by atoms with Gasteiger partial charge in [0.25, 0.3) is 0 Å². The largest absolute Gasteiger partial charge is 0.408 e. The zero-order chi connectivity index (χ0) is 11.5. The summed E-state index contributed by atoms with van der Waals surface area (Å²) in [6, 6.07) is 0.674. The molecule has 3 heterocycles. The first kappa shape index (κ1) is 11.0. The van der Waals surface area contributed by atoms with Gasteiger partial charge in [-0.15, -0.1) is 5.10 Å². The van der Waals surface area contributed by atoms with Crippen LogP contribution in [0.5, 0.6) is 0 Å². The molecule has 0 saturated carbocycles. The topological polar surface area (TPSA) is 63.4 Å². The third-order valence-corrected chi connectivity index (χ3v) is 3.39. The summed E-state index contributed by atoms with van der Waals surface area (Å²) >= 11 is 0. The van der Waals surface area contributed by atoms with Crippen LogP contribution in [0.4, 0.5) is 6.01 Å². The molecule has 0 spiro atoms. The van der Waals surface area contributed by atoms with Gasteiger partial charge in [-0.1, -0.05) is 5.10 Å². The molecule has 0 aromatic carbocycles. The van der Waals surface area contributed by atoms with E-state index in [2.05, 4.69) is 20.4 Å². The van der Waals surface area contributed by atoms with E-state index in [0.29, 0.717) is 11.9 Å². The molecule has 0 atom stereocenters. The van der Waals surface area contributed by atoms with Gasteiger partial charge < -0.3 is 19.4 Å². The smallest absolute Gasteiger partial charge is 0.318 e. The van der Waals surface area contributed by atoms with Crippen LogP contribution in [0.25, 0.3) is 0 Å². The summed E-state index contributed by atoms with van der Waals surface area (Å²) in [6.45, 7) is 5.45. The Bertz CT molecular complexity index is 324. The van der Waals surface area contributed by atoms with Gasteiger partial charge in [0.05, 0.1) is 0 Å². The molecule has 0 radical (unpaired) electrons. The van der Waals surface area contributed by atoms with E-state index < -0.39 is 0 Å². The van der Waals surface area contributed by atoms with E-state index in [0.717, 1.165) is 58.1 Å². The van der Waals surface area contributed by atoms with E-state index in [9.17, 15) is 0 Å². The Labute approximate surface area is 100 Å². The summed E-state index contributed by atoms with van der Waals surface area (Å²) in [5, 5.41) is 11.6. The minimum Gasteiger partial charge on any atom is -0.408 e. The minimum atomic E-state index is 0.382. The van der Waals surface area contributed by atoms with E-state index in [-0.39, 0.29) is 0 Å². The SMILES string of the molecule is C1CN(c2nnc(C3CCOCC3)o2)CCN1. The summed E-state index contributed by atoms with van der Waals surface area (Å²) in [5.41, 5.74) is 0. The van der Waals surface area contributed by atoms with Crippen molar-refractivity contribution in [2.24, 2.45) is 0 Å². The number of ether oxygens (including phenoxy) is 1. The molecule has 0 unspecified atom stereocenters. The van der Waals surface area contributed by atoms with Crippen LogP contribution in [-0.4, -0.2) is 49.6 Å². The van der Waals surface area contributed by atoms with Crippen molar-refractivity contribution in [3.63, 3.8) is 0 Å². The normalized spacial score (nSPS) is 22.9. The lowest BCUT2D eigenvalue weighted by Crippen LogP contribution is -2.43. The van der Waals surface area contributed by atoms with Crippen LogP contribution in [0.2, 0.25) is 0 Å². The molecule has 6 nitrogen and oxygen atoms in total. The van der Waals surface area contributed by atoms with Gasteiger partial charge in [-0.25, -0.2) is 0 Å². The van der Waals surface area contributed by atoms with Gasteiger partial charge in [-0.2, -0.15) is 0 Å². The Kier molecular flexibility index (Phi) is 3.24. The van der Waals surface area contributed by atoms with E-state index in [1.54, 1.807) is 0 Å². The molecule has 6 heteroatoms. The number of nitrogens with zero attached hydrogens (tertiary/aromatic N) is 3. The lowest BCUT2D eigenvalue weighted by Gasteiger charge is -2.25. The predicted molar refractivity (Wildman–Crippen MR) is 62.2 cm³/mol. The standard InChI is InChI=1S/C11H18N4O2/c1-7-16-8-2-9(1)10-13-14-11(17-10)15-5-3-12-4-6-15/h9,12H,1-8H2. The lowest BCUT2D eigenvalue weighted by atomic mass is 10.0. The zero-order valence-corrected chi connectivity index (χ0v) is 9.89. The first-order valence-corrected chi connectivity index (χ1v) is 6.30. The fourth-order valence-corrected chi connectivity index (χ4v) is 2.32. The second-order valence-corrected chi connectivity index (χ2v) is 4.55. The number of nitrogens with one attached hydrogen (secondary N) is 1. The molecule has 1 aromatic rings. The quantitative estimate of drug-likeness (QED) is 0.803. The van der Waals surface area contributed by atoms with Crippen LogP contribution < -0.4 is 10.2 Å². The number of anilines is 1. The molecular weight excluding hydrogens is 220 g/mol. The van der Waals surface area contributed by atoms with E-state index in [4.69, 9.17) is 9.15 Å². The molecule has 1 aromatic heterocycles. The van der Waals surface area contributed by atoms with Crippen molar-refractivity contribution in [1.29, 1.82) is 0 Å². The third-order valence-electron chi connectivity index (χ3n) is 3.39. The van der Waals surface area contributed by atoms with Gasteiger partial charge in [0, 0.05) is 45.3 Å². The van der Waals surface area contributed by atoms with Crippen molar-refractivity contribution in [2.75, 3.05) is 44.3 Å². The Balaban J connectivity index is 1.68. The van der Waals surface area contributed by atoms with Crippen LogP contribution in [0, 0.1) is 0 Å². The summed E-state index contributed by atoms with van der Waals surface area (Å²) in [7, 11) is 0.